The van der Waals surface area contributed by atoms with E-state index < -0.39 is 27.1 Å². The van der Waals surface area contributed by atoms with Crippen LogP contribution in [0.1, 0.15) is 11.1 Å². The highest BCUT2D eigenvalue weighted by Gasteiger charge is 2.41. The molecule has 3 amide bonds. The predicted molar refractivity (Wildman–Crippen MR) is 139 cm³/mol. The SMILES string of the molecule is O=C1NC(=O)C(=C2C(=O)N(Cc3c(Cl)cccc3Cl)c3ccc(S(=O)(=O)Nc4ccccc4)cc32)S1. The number of hydrogen-bond donors (Lipinski definition) is 2. The summed E-state index contributed by atoms with van der Waals surface area (Å²) < 4.78 is 28.7. The van der Waals surface area contributed by atoms with E-state index in [4.69, 9.17) is 23.2 Å². The summed E-state index contributed by atoms with van der Waals surface area (Å²) in [5.74, 6) is -1.31. The highest BCUT2D eigenvalue weighted by atomic mass is 35.5. The normalized spacial score (nSPS) is 17.4. The molecule has 0 bridgehead atoms. The molecule has 2 heterocycles. The van der Waals surface area contributed by atoms with Crippen molar-refractivity contribution >= 4 is 79.0 Å². The fourth-order valence-electron chi connectivity index (χ4n) is 3.89. The largest absolute Gasteiger partial charge is 0.303 e. The molecule has 182 valence electrons. The fraction of sp³-hybridized carbons (Fsp3) is 0.0417. The maximum atomic E-state index is 13.6. The summed E-state index contributed by atoms with van der Waals surface area (Å²) >= 11 is 13.2. The van der Waals surface area contributed by atoms with Crippen molar-refractivity contribution in [1.29, 1.82) is 0 Å². The Hall–Kier alpha value is -3.31. The van der Waals surface area contributed by atoms with Crippen LogP contribution in [0.25, 0.3) is 5.57 Å². The molecule has 8 nitrogen and oxygen atoms in total. The summed E-state index contributed by atoms with van der Waals surface area (Å²) in [5, 5.41) is 2.19. The minimum atomic E-state index is -4.03. The van der Waals surface area contributed by atoms with Crippen LogP contribution in [0.3, 0.4) is 0 Å². The van der Waals surface area contributed by atoms with Crippen LogP contribution < -0.4 is 14.9 Å². The molecule has 0 radical (unpaired) electrons. The standard InChI is InChI=1S/C24H15Cl2N3O5S2/c25-17-7-4-8-18(26)16(17)12-29-19-10-9-14(36(33,34)28-13-5-2-1-3-6-13)11-15(19)20(23(29)31)21-22(30)27-24(32)35-21/h1-11,28H,12H2,(H,27,30,32). The molecule has 3 aromatic rings. The molecule has 5 rings (SSSR count). The molecule has 0 aliphatic carbocycles. The summed E-state index contributed by atoms with van der Waals surface area (Å²) in [6.45, 7) is -0.0320. The lowest BCUT2D eigenvalue weighted by molar-refractivity contribution is -0.116. The second kappa shape index (κ2) is 9.29. The van der Waals surface area contributed by atoms with E-state index in [0.29, 0.717) is 38.7 Å². The number of imide groups is 1. The monoisotopic (exact) mass is 559 g/mol. The van der Waals surface area contributed by atoms with Crippen LogP contribution in [-0.2, 0) is 26.2 Å². The zero-order chi connectivity index (χ0) is 25.6. The van der Waals surface area contributed by atoms with Gasteiger partial charge in [-0.2, -0.15) is 0 Å². The number of para-hydroxylation sites is 1. The van der Waals surface area contributed by atoms with E-state index in [1.165, 1.54) is 23.1 Å². The summed E-state index contributed by atoms with van der Waals surface area (Å²) in [4.78, 5) is 39.0. The van der Waals surface area contributed by atoms with Crippen LogP contribution in [-0.4, -0.2) is 25.5 Å². The van der Waals surface area contributed by atoms with Crippen LogP contribution >= 0.6 is 35.0 Å². The molecule has 36 heavy (non-hydrogen) atoms. The summed E-state index contributed by atoms with van der Waals surface area (Å²) in [6, 6.07) is 17.4. The van der Waals surface area contributed by atoms with Crippen molar-refractivity contribution in [1.82, 2.24) is 5.32 Å². The van der Waals surface area contributed by atoms with Crippen molar-refractivity contribution in [3.8, 4) is 0 Å². The third-order valence-electron chi connectivity index (χ3n) is 5.55. The van der Waals surface area contributed by atoms with E-state index >= 15 is 0 Å². The van der Waals surface area contributed by atoms with Gasteiger partial charge in [0.15, 0.2) is 0 Å². The Labute approximate surface area is 220 Å². The third-order valence-corrected chi connectivity index (χ3v) is 8.51. The number of benzene rings is 3. The minimum Gasteiger partial charge on any atom is -0.303 e. The number of sulfonamides is 1. The smallest absolute Gasteiger partial charge is 0.290 e. The number of carbonyl (C=O) groups is 3. The number of halogens is 2. The van der Waals surface area contributed by atoms with Gasteiger partial charge in [-0.1, -0.05) is 47.5 Å². The first-order chi connectivity index (χ1) is 17.2. The molecule has 0 saturated carbocycles. The molecule has 0 unspecified atom stereocenters. The van der Waals surface area contributed by atoms with Crippen molar-refractivity contribution in [2.24, 2.45) is 0 Å². The number of anilines is 2. The van der Waals surface area contributed by atoms with Crippen LogP contribution in [0.2, 0.25) is 10.0 Å². The quantitative estimate of drug-likeness (QED) is 0.423. The minimum absolute atomic E-state index is 0.0320. The van der Waals surface area contributed by atoms with Crippen molar-refractivity contribution in [3.63, 3.8) is 0 Å². The predicted octanol–water partition coefficient (Wildman–Crippen LogP) is 5.04. The molecule has 2 N–H and O–H groups in total. The summed E-state index contributed by atoms with van der Waals surface area (Å²) in [5.41, 5.74) is 1.32. The molecule has 2 aliphatic heterocycles. The van der Waals surface area contributed by atoms with Crippen molar-refractivity contribution in [2.75, 3.05) is 9.62 Å². The van der Waals surface area contributed by atoms with Gasteiger partial charge in [0.1, 0.15) is 0 Å². The third kappa shape index (κ3) is 4.37. The lowest BCUT2D eigenvalue weighted by Crippen LogP contribution is -2.27. The summed E-state index contributed by atoms with van der Waals surface area (Å²) in [6.07, 6.45) is 0. The van der Waals surface area contributed by atoms with Crippen LogP contribution in [0.4, 0.5) is 16.2 Å². The van der Waals surface area contributed by atoms with E-state index in [9.17, 15) is 22.8 Å². The molecular formula is C24H15Cl2N3O5S2. The van der Waals surface area contributed by atoms with Crippen LogP contribution in [0.15, 0.2) is 76.5 Å². The van der Waals surface area contributed by atoms with Crippen molar-refractivity contribution in [3.05, 3.63) is 92.8 Å². The Balaban J connectivity index is 1.64. The number of nitrogens with one attached hydrogen (secondary N) is 2. The van der Waals surface area contributed by atoms with E-state index in [1.54, 1.807) is 48.5 Å². The molecule has 0 spiro atoms. The average molecular weight is 560 g/mol. The first kappa shape index (κ1) is 24.4. The molecule has 0 atom stereocenters. The Morgan fingerprint density at radius 3 is 2.25 bits per heavy atom. The molecular weight excluding hydrogens is 545 g/mol. The Kier molecular flexibility index (Phi) is 6.29. The van der Waals surface area contributed by atoms with Crippen molar-refractivity contribution < 1.29 is 22.8 Å². The number of carbonyl (C=O) groups excluding carboxylic acids is 3. The van der Waals surface area contributed by atoms with Crippen molar-refractivity contribution in [2.45, 2.75) is 11.4 Å². The fourth-order valence-corrected chi connectivity index (χ4v) is 6.27. The maximum Gasteiger partial charge on any atom is 0.290 e. The molecule has 2 aliphatic rings. The van der Waals surface area contributed by atoms with Gasteiger partial charge in [0, 0.05) is 26.9 Å². The molecule has 12 heteroatoms. The number of thioether (sulfide) groups is 1. The number of fused-ring (bicyclic) bond motifs is 1. The number of hydrogen-bond acceptors (Lipinski definition) is 6. The van der Waals surface area contributed by atoms with Gasteiger partial charge in [0.05, 0.1) is 27.6 Å². The second-order valence-electron chi connectivity index (χ2n) is 7.79. The van der Waals surface area contributed by atoms with Gasteiger partial charge >= 0.3 is 0 Å². The number of rotatable bonds is 5. The Morgan fingerprint density at radius 1 is 0.917 bits per heavy atom. The zero-order valence-corrected chi connectivity index (χ0v) is 21.3. The highest BCUT2D eigenvalue weighted by molar-refractivity contribution is 8.18. The zero-order valence-electron chi connectivity index (χ0n) is 18.1. The number of amides is 3. The maximum absolute atomic E-state index is 13.6. The van der Waals surface area contributed by atoms with E-state index in [2.05, 4.69) is 10.0 Å². The van der Waals surface area contributed by atoms with Gasteiger partial charge in [-0.3, -0.25) is 24.4 Å². The molecule has 1 fully saturated rings. The molecule has 1 saturated heterocycles. The van der Waals surface area contributed by atoms with Gasteiger partial charge in [-0.25, -0.2) is 8.42 Å². The summed E-state index contributed by atoms with van der Waals surface area (Å²) in [7, 11) is -4.03. The van der Waals surface area contributed by atoms with Gasteiger partial charge < -0.3 is 4.90 Å². The first-order valence-electron chi connectivity index (χ1n) is 10.4. The topological polar surface area (TPSA) is 113 Å². The Bertz CT molecular complexity index is 1570. The van der Waals surface area contributed by atoms with E-state index in [0.717, 1.165) is 0 Å². The molecule has 3 aromatic carbocycles. The lowest BCUT2D eigenvalue weighted by Gasteiger charge is -2.19. The van der Waals surface area contributed by atoms with Crippen LogP contribution in [0.5, 0.6) is 0 Å². The second-order valence-corrected chi connectivity index (χ2v) is 11.3. The lowest BCUT2D eigenvalue weighted by atomic mass is 10.1. The Morgan fingerprint density at radius 2 is 1.61 bits per heavy atom. The first-order valence-corrected chi connectivity index (χ1v) is 13.5. The molecule has 0 aromatic heterocycles. The van der Waals surface area contributed by atoms with Gasteiger partial charge in [-0.15, -0.1) is 0 Å². The number of nitrogens with zero attached hydrogens (tertiary/aromatic N) is 1. The van der Waals surface area contributed by atoms with Crippen LogP contribution in [0, 0.1) is 0 Å². The average Bonchev–Trinajstić information content (AvgIpc) is 3.30. The van der Waals surface area contributed by atoms with E-state index in [-0.39, 0.29) is 27.5 Å². The highest BCUT2D eigenvalue weighted by Crippen LogP contribution is 2.45. The van der Waals surface area contributed by atoms with Gasteiger partial charge in [0.25, 0.3) is 27.1 Å². The van der Waals surface area contributed by atoms with Gasteiger partial charge in [-0.05, 0) is 54.2 Å². The van der Waals surface area contributed by atoms with E-state index in [1.807, 2.05) is 0 Å². The van der Waals surface area contributed by atoms with Gasteiger partial charge in [0.2, 0.25) is 0 Å².